The summed E-state index contributed by atoms with van der Waals surface area (Å²) in [5.74, 6) is 2.32. The normalized spacial score (nSPS) is 16.6. The average Bonchev–Trinajstić information content (AvgIpc) is 2.48. The third-order valence-corrected chi connectivity index (χ3v) is 3.71. The van der Waals surface area contributed by atoms with Crippen LogP contribution in [0.1, 0.15) is 31.2 Å². The molecule has 0 spiro atoms. The van der Waals surface area contributed by atoms with E-state index in [2.05, 4.69) is 14.9 Å². The number of rotatable bonds is 5. The molecule has 0 atom stereocenters. The molecule has 6 nitrogen and oxygen atoms in total. The van der Waals surface area contributed by atoms with E-state index in [1.54, 1.807) is 0 Å². The highest BCUT2D eigenvalue weighted by molar-refractivity contribution is 5.56. The molecule has 1 aliphatic rings. The molecule has 1 saturated heterocycles. The van der Waals surface area contributed by atoms with Crippen LogP contribution < -0.4 is 10.6 Å². The van der Waals surface area contributed by atoms with Crippen LogP contribution in [-0.2, 0) is 11.2 Å². The van der Waals surface area contributed by atoms with Crippen LogP contribution in [0.15, 0.2) is 0 Å². The summed E-state index contributed by atoms with van der Waals surface area (Å²) >= 11 is 0. The molecule has 0 amide bonds. The van der Waals surface area contributed by atoms with Crippen LogP contribution in [-0.4, -0.2) is 47.5 Å². The Labute approximate surface area is 120 Å². The third kappa shape index (κ3) is 3.37. The van der Waals surface area contributed by atoms with Gasteiger partial charge in [0.2, 0.25) is 0 Å². The number of nitrogens with two attached hydrogens (primary N) is 1. The minimum absolute atomic E-state index is 0.0849. The van der Waals surface area contributed by atoms with Crippen molar-refractivity contribution in [3.8, 4) is 0 Å². The first-order valence-electron chi connectivity index (χ1n) is 7.26. The Kier molecular flexibility index (Phi) is 5.14. The van der Waals surface area contributed by atoms with E-state index in [1.807, 2.05) is 13.8 Å². The predicted molar refractivity (Wildman–Crippen MR) is 78.8 cm³/mol. The molecule has 2 rings (SSSR count). The van der Waals surface area contributed by atoms with Gasteiger partial charge in [-0.25, -0.2) is 9.97 Å². The average molecular weight is 280 g/mol. The first kappa shape index (κ1) is 15.0. The van der Waals surface area contributed by atoms with Crippen LogP contribution in [0.2, 0.25) is 0 Å². The Morgan fingerprint density at radius 1 is 1.35 bits per heavy atom. The lowest BCUT2D eigenvalue weighted by Crippen LogP contribution is -2.38. The highest BCUT2D eigenvalue weighted by Crippen LogP contribution is 2.25. The van der Waals surface area contributed by atoms with Gasteiger partial charge in [0.05, 0.1) is 19.3 Å². The maximum absolute atomic E-state index is 8.79. The maximum Gasteiger partial charge on any atom is 0.137 e. The minimum Gasteiger partial charge on any atom is -0.394 e. The van der Waals surface area contributed by atoms with E-state index in [9.17, 15) is 0 Å². The fourth-order valence-electron chi connectivity index (χ4n) is 2.49. The van der Waals surface area contributed by atoms with Gasteiger partial charge in [0.25, 0.3) is 0 Å². The van der Waals surface area contributed by atoms with Crippen molar-refractivity contribution >= 4 is 11.6 Å². The molecule has 0 radical (unpaired) electrons. The van der Waals surface area contributed by atoms with E-state index in [0.717, 1.165) is 49.6 Å². The smallest absolute Gasteiger partial charge is 0.137 e. The molecular weight excluding hydrogens is 256 g/mol. The Morgan fingerprint density at radius 2 is 2.05 bits per heavy atom. The third-order valence-electron chi connectivity index (χ3n) is 3.71. The van der Waals surface area contributed by atoms with Gasteiger partial charge in [0, 0.05) is 25.1 Å². The summed E-state index contributed by atoms with van der Waals surface area (Å²) in [4.78, 5) is 11.2. The van der Waals surface area contributed by atoms with Gasteiger partial charge in [-0.05, 0) is 19.8 Å². The number of hydrogen-bond acceptors (Lipinski definition) is 6. The fourth-order valence-corrected chi connectivity index (χ4v) is 2.49. The number of aromatic nitrogens is 2. The molecule has 112 valence electrons. The van der Waals surface area contributed by atoms with Crippen molar-refractivity contribution in [1.29, 1.82) is 0 Å². The van der Waals surface area contributed by atoms with Crippen molar-refractivity contribution in [1.82, 2.24) is 9.97 Å². The summed E-state index contributed by atoms with van der Waals surface area (Å²) in [6.07, 6.45) is 2.92. The second kappa shape index (κ2) is 6.85. The Hall–Kier alpha value is -1.40. The Bertz CT molecular complexity index is 445. The van der Waals surface area contributed by atoms with Gasteiger partial charge in [0.15, 0.2) is 0 Å². The Morgan fingerprint density at radius 3 is 2.65 bits per heavy atom. The molecule has 1 aromatic rings. The SMILES string of the molecule is CCc1nc(N)c(C)c(N2CCC(OCCO)CC2)n1. The van der Waals surface area contributed by atoms with E-state index in [4.69, 9.17) is 15.6 Å². The molecule has 0 bridgehead atoms. The molecule has 0 unspecified atom stereocenters. The summed E-state index contributed by atoms with van der Waals surface area (Å²) < 4.78 is 5.58. The van der Waals surface area contributed by atoms with E-state index in [-0.39, 0.29) is 12.7 Å². The van der Waals surface area contributed by atoms with Crippen LogP contribution in [0.4, 0.5) is 11.6 Å². The summed E-state index contributed by atoms with van der Waals surface area (Å²) in [5.41, 5.74) is 6.92. The van der Waals surface area contributed by atoms with Crippen LogP contribution in [0.25, 0.3) is 0 Å². The van der Waals surface area contributed by atoms with Crippen LogP contribution in [0, 0.1) is 6.92 Å². The molecule has 3 N–H and O–H groups in total. The highest BCUT2D eigenvalue weighted by Gasteiger charge is 2.22. The first-order chi connectivity index (χ1) is 9.65. The van der Waals surface area contributed by atoms with Gasteiger partial charge in [-0.2, -0.15) is 0 Å². The van der Waals surface area contributed by atoms with Gasteiger partial charge in [-0.3, -0.25) is 0 Å². The quantitative estimate of drug-likeness (QED) is 0.834. The second-order valence-electron chi connectivity index (χ2n) is 5.11. The van der Waals surface area contributed by atoms with Crippen molar-refractivity contribution in [2.45, 2.75) is 39.2 Å². The zero-order chi connectivity index (χ0) is 14.5. The number of piperidine rings is 1. The van der Waals surface area contributed by atoms with Gasteiger partial charge >= 0.3 is 0 Å². The van der Waals surface area contributed by atoms with Crippen molar-refractivity contribution < 1.29 is 9.84 Å². The van der Waals surface area contributed by atoms with Crippen LogP contribution in [0.3, 0.4) is 0 Å². The molecule has 20 heavy (non-hydrogen) atoms. The molecule has 0 aromatic carbocycles. The lowest BCUT2D eigenvalue weighted by Gasteiger charge is -2.33. The van der Waals surface area contributed by atoms with Crippen molar-refractivity contribution in [3.63, 3.8) is 0 Å². The summed E-state index contributed by atoms with van der Waals surface area (Å²) in [5, 5.41) is 8.79. The zero-order valence-corrected chi connectivity index (χ0v) is 12.3. The highest BCUT2D eigenvalue weighted by atomic mass is 16.5. The molecule has 6 heteroatoms. The number of ether oxygens (including phenoxy) is 1. The van der Waals surface area contributed by atoms with Crippen LogP contribution >= 0.6 is 0 Å². The molecule has 1 aliphatic heterocycles. The monoisotopic (exact) mass is 280 g/mol. The molecule has 1 fully saturated rings. The van der Waals surface area contributed by atoms with E-state index in [0.29, 0.717) is 12.4 Å². The largest absolute Gasteiger partial charge is 0.394 e. The molecular formula is C14H24N4O2. The van der Waals surface area contributed by atoms with Gasteiger partial charge in [-0.15, -0.1) is 0 Å². The number of aliphatic hydroxyl groups is 1. The molecule has 2 heterocycles. The number of nitrogens with zero attached hydrogens (tertiary/aromatic N) is 3. The maximum atomic E-state index is 8.79. The number of aliphatic hydroxyl groups excluding tert-OH is 1. The van der Waals surface area contributed by atoms with E-state index in [1.165, 1.54) is 0 Å². The van der Waals surface area contributed by atoms with Gasteiger partial charge in [0.1, 0.15) is 17.5 Å². The first-order valence-corrected chi connectivity index (χ1v) is 7.26. The van der Waals surface area contributed by atoms with Gasteiger partial charge in [-0.1, -0.05) is 6.92 Å². The lowest BCUT2D eigenvalue weighted by molar-refractivity contribution is 0.0158. The number of aryl methyl sites for hydroxylation is 1. The Balaban J connectivity index is 2.05. The van der Waals surface area contributed by atoms with E-state index < -0.39 is 0 Å². The van der Waals surface area contributed by atoms with Crippen LogP contribution in [0.5, 0.6) is 0 Å². The summed E-state index contributed by atoms with van der Waals surface area (Å²) in [7, 11) is 0. The lowest BCUT2D eigenvalue weighted by atomic mass is 10.1. The van der Waals surface area contributed by atoms with Crippen molar-refractivity contribution in [3.05, 3.63) is 11.4 Å². The van der Waals surface area contributed by atoms with E-state index >= 15 is 0 Å². The number of nitrogen functional groups attached to an aromatic ring is 1. The van der Waals surface area contributed by atoms with Crippen molar-refractivity contribution in [2.75, 3.05) is 36.9 Å². The zero-order valence-electron chi connectivity index (χ0n) is 12.3. The summed E-state index contributed by atoms with van der Waals surface area (Å²) in [6.45, 7) is 6.31. The molecule has 0 saturated carbocycles. The number of anilines is 2. The van der Waals surface area contributed by atoms with Crippen molar-refractivity contribution in [2.24, 2.45) is 0 Å². The minimum atomic E-state index is 0.0849. The predicted octanol–water partition coefficient (Wildman–Crippen LogP) is 0.907. The topological polar surface area (TPSA) is 84.5 Å². The summed E-state index contributed by atoms with van der Waals surface area (Å²) in [6, 6.07) is 0. The van der Waals surface area contributed by atoms with Gasteiger partial charge < -0.3 is 20.5 Å². The second-order valence-corrected chi connectivity index (χ2v) is 5.11. The standard InChI is InChI=1S/C14H24N4O2/c1-3-12-16-13(15)10(2)14(17-12)18-6-4-11(5-7-18)20-9-8-19/h11,19H,3-9H2,1-2H3,(H2,15,16,17). The fraction of sp³-hybridized carbons (Fsp3) is 0.714. The molecule has 0 aliphatic carbocycles. The number of hydrogen-bond donors (Lipinski definition) is 2. The molecule has 1 aromatic heterocycles.